The molecular formula is C7H7F4N3O. The first-order valence-electron chi connectivity index (χ1n) is 3.78. The summed E-state index contributed by atoms with van der Waals surface area (Å²) in [6.45, 7) is -1.46. The minimum Gasteiger partial charge on any atom is -0.471 e. The molecule has 1 heterocycles. The van der Waals surface area contributed by atoms with Crippen LogP contribution in [0.15, 0.2) is 12.4 Å². The van der Waals surface area contributed by atoms with E-state index >= 15 is 0 Å². The molecule has 15 heavy (non-hydrogen) atoms. The quantitative estimate of drug-likeness (QED) is 0.785. The minimum absolute atomic E-state index is 0.000336. The molecule has 0 fully saturated rings. The molecule has 0 unspecified atom stereocenters. The lowest BCUT2D eigenvalue weighted by atomic mass is 10.4. The number of nitrogen functional groups attached to an aromatic ring is 1. The highest BCUT2D eigenvalue weighted by Crippen LogP contribution is 2.23. The standard InChI is InChI=1S/C7H7F4N3O/c8-6(9)7(10,11)2-15-5-1-4(12)13-3-14-5/h1,3,6H,2H2,(H2,12,13,14). The van der Waals surface area contributed by atoms with Crippen LogP contribution >= 0.6 is 0 Å². The fourth-order valence-electron chi connectivity index (χ4n) is 0.666. The SMILES string of the molecule is Nc1cc(OCC(F)(F)C(F)F)ncn1. The molecule has 1 aromatic rings. The van der Waals surface area contributed by atoms with E-state index in [0.717, 1.165) is 12.4 Å². The van der Waals surface area contributed by atoms with Crippen molar-refractivity contribution < 1.29 is 22.3 Å². The number of alkyl halides is 4. The maximum absolute atomic E-state index is 12.4. The Morgan fingerprint density at radius 3 is 2.60 bits per heavy atom. The summed E-state index contributed by atoms with van der Waals surface area (Å²) in [4.78, 5) is 6.88. The topological polar surface area (TPSA) is 61.0 Å². The highest BCUT2D eigenvalue weighted by atomic mass is 19.3. The summed E-state index contributed by atoms with van der Waals surface area (Å²) < 4.78 is 52.5. The smallest absolute Gasteiger partial charge is 0.340 e. The number of hydrogen-bond donors (Lipinski definition) is 1. The van der Waals surface area contributed by atoms with Crippen molar-refractivity contribution in [2.75, 3.05) is 12.3 Å². The van der Waals surface area contributed by atoms with Gasteiger partial charge >= 0.3 is 12.3 Å². The van der Waals surface area contributed by atoms with Gasteiger partial charge in [-0.1, -0.05) is 0 Å². The third-order valence-corrected chi connectivity index (χ3v) is 1.39. The maximum atomic E-state index is 12.4. The van der Waals surface area contributed by atoms with Gasteiger partial charge in [-0.15, -0.1) is 0 Å². The molecule has 0 aliphatic rings. The average molecular weight is 225 g/mol. The number of anilines is 1. The lowest BCUT2D eigenvalue weighted by Crippen LogP contribution is -2.33. The van der Waals surface area contributed by atoms with Crippen LogP contribution < -0.4 is 10.5 Å². The third-order valence-electron chi connectivity index (χ3n) is 1.39. The number of rotatable bonds is 4. The predicted octanol–water partition coefficient (Wildman–Crippen LogP) is 1.34. The summed E-state index contributed by atoms with van der Waals surface area (Å²) in [5.74, 6) is -4.48. The van der Waals surface area contributed by atoms with Crippen molar-refractivity contribution in [3.63, 3.8) is 0 Å². The van der Waals surface area contributed by atoms with Crippen molar-refractivity contribution in [1.29, 1.82) is 0 Å². The highest BCUT2D eigenvalue weighted by Gasteiger charge is 2.41. The normalized spacial score (nSPS) is 11.8. The van der Waals surface area contributed by atoms with Crippen molar-refractivity contribution in [1.82, 2.24) is 9.97 Å². The Labute approximate surface area is 82.1 Å². The summed E-state index contributed by atoms with van der Waals surface area (Å²) >= 11 is 0. The van der Waals surface area contributed by atoms with Gasteiger partial charge in [0.2, 0.25) is 5.88 Å². The molecule has 0 amide bonds. The first-order chi connectivity index (χ1) is 6.92. The van der Waals surface area contributed by atoms with E-state index in [2.05, 4.69) is 14.7 Å². The van der Waals surface area contributed by atoms with Gasteiger partial charge in [-0.25, -0.2) is 18.7 Å². The Bertz CT molecular complexity index is 334. The maximum Gasteiger partial charge on any atom is 0.340 e. The summed E-state index contributed by atoms with van der Waals surface area (Å²) in [5.41, 5.74) is 5.19. The zero-order chi connectivity index (χ0) is 11.5. The average Bonchev–Trinajstić information content (AvgIpc) is 2.15. The first-order valence-corrected chi connectivity index (χ1v) is 3.78. The molecule has 2 N–H and O–H groups in total. The summed E-state index contributed by atoms with van der Waals surface area (Å²) in [7, 11) is 0. The lowest BCUT2D eigenvalue weighted by Gasteiger charge is -2.15. The number of hydrogen-bond acceptors (Lipinski definition) is 4. The van der Waals surface area contributed by atoms with Gasteiger partial charge in [-0.3, -0.25) is 0 Å². The van der Waals surface area contributed by atoms with Gasteiger partial charge in [0.05, 0.1) is 0 Å². The van der Waals surface area contributed by atoms with Gasteiger partial charge in [0.25, 0.3) is 0 Å². The van der Waals surface area contributed by atoms with Gasteiger partial charge in [0, 0.05) is 6.07 Å². The number of aromatic nitrogens is 2. The Morgan fingerprint density at radius 2 is 2.07 bits per heavy atom. The van der Waals surface area contributed by atoms with Crippen molar-refractivity contribution in [3.8, 4) is 5.88 Å². The van der Waals surface area contributed by atoms with Crippen LogP contribution in [0.4, 0.5) is 23.4 Å². The molecule has 0 bridgehead atoms. The first kappa shape index (κ1) is 11.5. The van der Waals surface area contributed by atoms with Gasteiger partial charge in [0.1, 0.15) is 12.1 Å². The predicted molar refractivity (Wildman–Crippen MR) is 42.9 cm³/mol. The fraction of sp³-hybridized carbons (Fsp3) is 0.429. The Balaban J connectivity index is 2.57. The fourth-order valence-corrected chi connectivity index (χ4v) is 0.666. The summed E-state index contributed by atoms with van der Waals surface area (Å²) in [5, 5.41) is 0. The van der Waals surface area contributed by atoms with Crippen LogP contribution in [-0.2, 0) is 0 Å². The van der Waals surface area contributed by atoms with Gasteiger partial charge in [-0.05, 0) is 0 Å². The molecule has 1 aromatic heterocycles. The molecule has 0 spiro atoms. The molecule has 0 aliphatic carbocycles. The minimum atomic E-state index is -4.21. The van der Waals surface area contributed by atoms with E-state index in [1.54, 1.807) is 0 Å². The van der Waals surface area contributed by atoms with Crippen LogP contribution in [0.3, 0.4) is 0 Å². The molecule has 0 atom stereocenters. The van der Waals surface area contributed by atoms with E-state index < -0.39 is 19.0 Å². The van der Waals surface area contributed by atoms with E-state index in [-0.39, 0.29) is 11.7 Å². The van der Waals surface area contributed by atoms with E-state index in [1.165, 1.54) is 0 Å². The van der Waals surface area contributed by atoms with E-state index in [4.69, 9.17) is 5.73 Å². The molecule has 4 nitrogen and oxygen atoms in total. The summed E-state index contributed by atoms with van der Waals surface area (Å²) in [6, 6.07) is 1.06. The Morgan fingerprint density at radius 1 is 1.40 bits per heavy atom. The second kappa shape index (κ2) is 4.28. The van der Waals surface area contributed by atoms with E-state index in [9.17, 15) is 17.6 Å². The largest absolute Gasteiger partial charge is 0.471 e. The van der Waals surface area contributed by atoms with Crippen LogP contribution in [0.5, 0.6) is 5.88 Å². The highest BCUT2D eigenvalue weighted by molar-refractivity contribution is 5.30. The van der Waals surface area contributed by atoms with E-state index in [1.807, 2.05) is 0 Å². The van der Waals surface area contributed by atoms with Crippen molar-refractivity contribution in [2.24, 2.45) is 0 Å². The lowest BCUT2D eigenvalue weighted by molar-refractivity contribution is -0.148. The van der Waals surface area contributed by atoms with Crippen molar-refractivity contribution in [3.05, 3.63) is 12.4 Å². The second-order valence-electron chi connectivity index (χ2n) is 2.63. The van der Waals surface area contributed by atoms with Crippen LogP contribution in [0.2, 0.25) is 0 Å². The third kappa shape index (κ3) is 3.22. The van der Waals surface area contributed by atoms with Crippen molar-refractivity contribution in [2.45, 2.75) is 12.3 Å². The second-order valence-corrected chi connectivity index (χ2v) is 2.63. The van der Waals surface area contributed by atoms with Crippen LogP contribution in [0.1, 0.15) is 0 Å². The molecular weight excluding hydrogens is 218 g/mol. The number of halogens is 4. The molecule has 8 heteroatoms. The van der Waals surface area contributed by atoms with Crippen molar-refractivity contribution >= 4 is 5.82 Å². The van der Waals surface area contributed by atoms with Crippen LogP contribution in [-0.4, -0.2) is 28.9 Å². The molecule has 0 aromatic carbocycles. The number of nitrogens with two attached hydrogens (primary N) is 1. The van der Waals surface area contributed by atoms with E-state index in [0.29, 0.717) is 0 Å². The molecule has 0 aliphatic heterocycles. The van der Waals surface area contributed by atoms with Crippen LogP contribution in [0.25, 0.3) is 0 Å². The number of ether oxygens (including phenoxy) is 1. The molecule has 0 saturated carbocycles. The zero-order valence-corrected chi connectivity index (χ0v) is 7.33. The summed E-state index contributed by atoms with van der Waals surface area (Å²) in [6.07, 6.45) is -2.80. The van der Waals surface area contributed by atoms with Gasteiger partial charge < -0.3 is 10.5 Å². The van der Waals surface area contributed by atoms with Gasteiger partial charge in [-0.2, -0.15) is 8.78 Å². The Hall–Kier alpha value is -1.60. The molecule has 1 rings (SSSR count). The Kier molecular flexibility index (Phi) is 3.28. The van der Waals surface area contributed by atoms with Crippen LogP contribution in [0, 0.1) is 0 Å². The molecule has 0 radical (unpaired) electrons. The number of nitrogens with zero attached hydrogens (tertiary/aromatic N) is 2. The van der Waals surface area contributed by atoms with Gasteiger partial charge in [0.15, 0.2) is 6.61 Å². The zero-order valence-electron chi connectivity index (χ0n) is 7.33. The monoisotopic (exact) mass is 225 g/mol. The molecule has 84 valence electrons. The molecule has 0 saturated heterocycles.